The largest absolute Gasteiger partial charge is 0.467 e. The smallest absolute Gasteiger partial charge is 0.119 e. The lowest BCUT2D eigenvalue weighted by molar-refractivity contribution is 0.518. The summed E-state index contributed by atoms with van der Waals surface area (Å²) in [5.74, 6) is 0.769. The highest BCUT2D eigenvalue weighted by Gasteiger charge is 2.09. The second kappa shape index (κ2) is 2.28. The summed E-state index contributed by atoms with van der Waals surface area (Å²) in [5, 5.41) is 0.715. The number of hydrogen-bond donors (Lipinski definition) is 0. The summed E-state index contributed by atoms with van der Waals surface area (Å²) >= 11 is 5.97. The fourth-order valence-electron chi connectivity index (χ4n) is 1.13. The molecular formula is C9H7ClO. The van der Waals surface area contributed by atoms with E-state index in [9.17, 15) is 0 Å². The zero-order chi connectivity index (χ0) is 7.84. The van der Waals surface area contributed by atoms with Crippen LogP contribution in [0.15, 0.2) is 28.9 Å². The monoisotopic (exact) mass is 166 g/mol. The second-order valence-corrected chi connectivity index (χ2v) is 2.88. The molecule has 0 bridgehead atoms. The number of aryl methyl sites for hydroxylation is 1. The van der Waals surface area contributed by atoms with E-state index in [-0.39, 0.29) is 0 Å². The predicted octanol–water partition coefficient (Wildman–Crippen LogP) is 3.35. The molecule has 0 aromatic heterocycles. The van der Waals surface area contributed by atoms with Crippen molar-refractivity contribution in [3.63, 3.8) is 0 Å². The van der Waals surface area contributed by atoms with Crippen molar-refractivity contribution >= 4 is 11.6 Å². The first-order valence-corrected chi connectivity index (χ1v) is 3.79. The number of hydrogen-bond acceptors (Lipinski definition) is 1. The van der Waals surface area contributed by atoms with Crippen LogP contribution >= 0.6 is 11.6 Å². The predicted molar refractivity (Wildman–Crippen MR) is 45.1 cm³/mol. The van der Waals surface area contributed by atoms with Crippen LogP contribution < -0.4 is 0 Å². The quantitative estimate of drug-likeness (QED) is 0.585. The van der Waals surface area contributed by atoms with E-state index < -0.39 is 0 Å². The van der Waals surface area contributed by atoms with E-state index in [4.69, 9.17) is 16.0 Å². The Balaban J connectivity index is 2.81. The van der Waals surface area contributed by atoms with Crippen molar-refractivity contribution in [2.45, 2.75) is 6.92 Å². The molecule has 2 heteroatoms. The van der Waals surface area contributed by atoms with Crippen LogP contribution in [0.2, 0.25) is 5.02 Å². The van der Waals surface area contributed by atoms with Gasteiger partial charge < -0.3 is 4.42 Å². The van der Waals surface area contributed by atoms with Crippen LogP contribution in [0.5, 0.6) is 0 Å². The van der Waals surface area contributed by atoms with Crippen molar-refractivity contribution in [1.82, 2.24) is 0 Å². The molecule has 56 valence electrons. The molecule has 0 amide bonds. The van der Waals surface area contributed by atoms with Crippen LogP contribution in [0.1, 0.15) is 5.76 Å². The van der Waals surface area contributed by atoms with E-state index in [1.807, 2.05) is 25.1 Å². The number of fused-ring (bicyclic) bond motifs is 1. The third kappa shape index (κ3) is 0.925. The molecule has 2 aliphatic rings. The van der Waals surface area contributed by atoms with E-state index in [1.165, 1.54) is 0 Å². The minimum absolute atomic E-state index is 0.715. The van der Waals surface area contributed by atoms with Gasteiger partial charge in [-0.25, -0.2) is 0 Å². The first kappa shape index (κ1) is 6.74. The van der Waals surface area contributed by atoms with Crippen LogP contribution in [0.25, 0.3) is 11.1 Å². The van der Waals surface area contributed by atoms with E-state index in [1.54, 1.807) is 6.26 Å². The average molecular weight is 167 g/mol. The van der Waals surface area contributed by atoms with Gasteiger partial charge in [-0.3, -0.25) is 0 Å². The van der Waals surface area contributed by atoms with Crippen LogP contribution in [-0.4, -0.2) is 0 Å². The zero-order valence-corrected chi connectivity index (χ0v) is 6.85. The fraction of sp³-hybridized carbons (Fsp3) is 0.111. The highest BCUT2D eigenvalue weighted by molar-refractivity contribution is 6.33. The molecule has 0 unspecified atom stereocenters. The summed E-state index contributed by atoms with van der Waals surface area (Å²) in [6, 6.07) is 5.93. The minimum Gasteiger partial charge on any atom is -0.467 e. The molecule has 0 aromatic rings. The lowest BCUT2D eigenvalue weighted by Gasteiger charge is -2.02. The lowest BCUT2D eigenvalue weighted by atomic mass is 10.2. The molecule has 0 fully saturated rings. The van der Waals surface area contributed by atoms with Gasteiger partial charge in [-0.1, -0.05) is 29.8 Å². The Hall–Kier alpha value is -0.950. The maximum Gasteiger partial charge on any atom is 0.119 e. The SMILES string of the molecule is Cc1occ2cccc-2c1Cl. The molecule has 0 spiro atoms. The van der Waals surface area contributed by atoms with E-state index >= 15 is 0 Å². The normalized spacial score (nSPS) is 10.7. The molecule has 2 rings (SSSR count). The van der Waals surface area contributed by atoms with Gasteiger partial charge in [0.25, 0.3) is 0 Å². The molecule has 0 saturated heterocycles. The van der Waals surface area contributed by atoms with Gasteiger partial charge in [-0.05, 0) is 6.92 Å². The standard InChI is InChI=1S/C9H7ClO/c1-6-9(10)8-4-2-3-7(8)5-11-6/h2-5H,1H3. The molecule has 0 aromatic carbocycles. The van der Waals surface area contributed by atoms with Crippen LogP contribution in [-0.2, 0) is 0 Å². The Labute approximate surface area is 69.9 Å². The van der Waals surface area contributed by atoms with E-state index in [0.717, 1.165) is 16.9 Å². The number of rotatable bonds is 0. The number of halogens is 1. The van der Waals surface area contributed by atoms with Crippen molar-refractivity contribution in [1.29, 1.82) is 0 Å². The molecule has 0 radical (unpaired) electrons. The maximum absolute atomic E-state index is 5.97. The minimum atomic E-state index is 0.715. The van der Waals surface area contributed by atoms with Crippen LogP contribution in [0.3, 0.4) is 0 Å². The van der Waals surface area contributed by atoms with Crippen molar-refractivity contribution < 1.29 is 4.42 Å². The van der Waals surface area contributed by atoms with Gasteiger partial charge >= 0.3 is 0 Å². The van der Waals surface area contributed by atoms with Crippen molar-refractivity contribution in [3.8, 4) is 11.1 Å². The molecule has 0 atom stereocenters. The topological polar surface area (TPSA) is 13.1 Å². The van der Waals surface area contributed by atoms with Gasteiger partial charge in [0.15, 0.2) is 0 Å². The Bertz CT molecular complexity index is 351. The zero-order valence-electron chi connectivity index (χ0n) is 6.10. The van der Waals surface area contributed by atoms with E-state index in [2.05, 4.69) is 0 Å². The third-order valence-electron chi connectivity index (χ3n) is 1.76. The fourth-order valence-corrected chi connectivity index (χ4v) is 1.35. The average Bonchev–Trinajstić information content (AvgIpc) is 2.45. The Kier molecular flexibility index (Phi) is 1.40. The summed E-state index contributed by atoms with van der Waals surface area (Å²) in [4.78, 5) is 0. The molecule has 0 N–H and O–H groups in total. The summed E-state index contributed by atoms with van der Waals surface area (Å²) in [7, 11) is 0. The van der Waals surface area contributed by atoms with Gasteiger partial charge in [0.1, 0.15) is 5.76 Å². The third-order valence-corrected chi connectivity index (χ3v) is 2.23. The van der Waals surface area contributed by atoms with Crippen LogP contribution in [0, 0.1) is 6.92 Å². The molecule has 1 heterocycles. The molecule has 1 nitrogen and oxygen atoms in total. The first-order chi connectivity index (χ1) is 5.29. The summed E-state index contributed by atoms with van der Waals surface area (Å²) < 4.78 is 5.20. The second-order valence-electron chi connectivity index (χ2n) is 2.50. The lowest BCUT2D eigenvalue weighted by Crippen LogP contribution is -1.79. The molecule has 1 aliphatic carbocycles. The Morgan fingerprint density at radius 3 is 3.00 bits per heavy atom. The van der Waals surface area contributed by atoms with Crippen molar-refractivity contribution in [2.24, 2.45) is 0 Å². The van der Waals surface area contributed by atoms with Crippen molar-refractivity contribution in [2.75, 3.05) is 0 Å². The van der Waals surface area contributed by atoms with Gasteiger partial charge in [0.2, 0.25) is 0 Å². The molecular weight excluding hydrogens is 160 g/mol. The van der Waals surface area contributed by atoms with Gasteiger partial charge in [0.05, 0.1) is 11.3 Å². The maximum atomic E-state index is 5.97. The highest BCUT2D eigenvalue weighted by Crippen LogP contribution is 2.32. The molecule has 11 heavy (non-hydrogen) atoms. The summed E-state index contributed by atoms with van der Waals surface area (Å²) in [5.41, 5.74) is 2.12. The van der Waals surface area contributed by atoms with Gasteiger partial charge in [-0.2, -0.15) is 0 Å². The first-order valence-electron chi connectivity index (χ1n) is 3.41. The molecule has 0 saturated carbocycles. The molecule has 1 aliphatic heterocycles. The van der Waals surface area contributed by atoms with Gasteiger partial charge in [0, 0.05) is 11.1 Å². The summed E-state index contributed by atoms with van der Waals surface area (Å²) in [6.07, 6.45) is 1.72. The van der Waals surface area contributed by atoms with Gasteiger partial charge in [-0.15, -0.1) is 0 Å². The summed E-state index contributed by atoms with van der Waals surface area (Å²) in [6.45, 7) is 1.86. The Morgan fingerprint density at radius 2 is 2.18 bits per heavy atom. The van der Waals surface area contributed by atoms with Crippen molar-refractivity contribution in [3.05, 3.63) is 35.2 Å². The highest BCUT2D eigenvalue weighted by atomic mass is 35.5. The van der Waals surface area contributed by atoms with Crippen LogP contribution in [0.4, 0.5) is 0 Å². The van der Waals surface area contributed by atoms with E-state index in [0.29, 0.717) is 5.02 Å². The Morgan fingerprint density at radius 1 is 1.36 bits per heavy atom.